The summed E-state index contributed by atoms with van der Waals surface area (Å²) < 4.78 is 26.9. The number of aromatic nitrogens is 1. The van der Waals surface area contributed by atoms with Crippen LogP contribution in [-0.4, -0.2) is 13.4 Å². The van der Waals surface area contributed by atoms with E-state index in [0.717, 1.165) is 0 Å². The lowest BCUT2D eigenvalue weighted by Crippen LogP contribution is -2.15. The molecule has 2 rings (SSSR count). The van der Waals surface area contributed by atoms with Gasteiger partial charge in [0.2, 0.25) is 0 Å². The zero-order chi connectivity index (χ0) is 14.0. The largest absolute Gasteiger partial charge is 0.398 e. The van der Waals surface area contributed by atoms with Gasteiger partial charge >= 0.3 is 0 Å². The number of nitrogen functional groups attached to an aromatic ring is 1. The van der Waals surface area contributed by atoms with Gasteiger partial charge in [-0.05, 0) is 36.8 Å². The van der Waals surface area contributed by atoms with E-state index in [4.69, 9.17) is 17.3 Å². The number of pyridine rings is 1. The first-order valence-corrected chi connectivity index (χ1v) is 7.26. The number of benzene rings is 1. The summed E-state index contributed by atoms with van der Waals surface area (Å²) in [5.74, 6) is 0.237. The molecular weight excluding hydrogens is 286 g/mol. The van der Waals surface area contributed by atoms with Crippen molar-refractivity contribution in [3.8, 4) is 0 Å². The SMILES string of the molecule is Cc1c(N)cc(Cl)cc1S(=O)(=O)Nc1ccccn1. The number of sulfonamides is 1. The highest BCUT2D eigenvalue weighted by Crippen LogP contribution is 2.27. The van der Waals surface area contributed by atoms with Crippen molar-refractivity contribution in [2.75, 3.05) is 10.5 Å². The Hall–Kier alpha value is -1.79. The van der Waals surface area contributed by atoms with E-state index in [-0.39, 0.29) is 15.7 Å². The third-order valence-corrected chi connectivity index (χ3v) is 4.26. The highest BCUT2D eigenvalue weighted by atomic mass is 35.5. The van der Waals surface area contributed by atoms with Crippen molar-refractivity contribution in [3.63, 3.8) is 0 Å². The monoisotopic (exact) mass is 297 g/mol. The lowest BCUT2D eigenvalue weighted by atomic mass is 10.2. The van der Waals surface area contributed by atoms with Gasteiger partial charge in [0.25, 0.3) is 10.0 Å². The maximum atomic E-state index is 12.3. The van der Waals surface area contributed by atoms with Gasteiger partial charge in [-0.25, -0.2) is 13.4 Å². The van der Waals surface area contributed by atoms with Crippen LogP contribution in [0.3, 0.4) is 0 Å². The third-order valence-electron chi connectivity index (χ3n) is 2.56. The maximum Gasteiger partial charge on any atom is 0.263 e. The molecule has 0 fully saturated rings. The second-order valence-corrected chi connectivity index (χ2v) is 6.03. The van der Waals surface area contributed by atoms with Gasteiger partial charge in [-0.15, -0.1) is 0 Å². The Bertz CT molecular complexity index is 702. The molecule has 0 saturated carbocycles. The van der Waals surface area contributed by atoms with Crippen molar-refractivity contribution in [2.45, 2.75) is 11.8 Å². The molecule has 0 aliphatic carbocycles. The van der Waals surface area contributed by atoms with Gasteiger partial charge in [0.05, 0.1) is 4.90 Å². The minimum absolute atomic E-state index is 0.0446. The topological polar surface area (TPSA) is 85.1 Å². The van der Waals surface area contributed by atoms with Gasteiger partial charge in [-0.3, -0.25) is 4.72 Å². The summed E-state index contributed by atoms with van der Waals surface area (Å²) in [5.41, 5.74) is 6.50. The van der Waals surface area contributed by atoms with Crippen LogP contribution in [0, 0.1) is 6.92 Å². The molecule has 3 N–H and O–H groups in total. The van der Waals surface area contributed by atoms with E-state index in [1.807, 2.05) is 0 Å². The van der Waals surface area contributed by atoms with Crippen molar-refractivity contribution >= 4 is 33.1 Å². The molecule has 0 aliphatic rings. The van der Waals surface area contributed by atoms with Crippen LogP contribution in [0.4, 0.5) is 11.5 Å². The molecule has 100 valence electrons. The molecular formula is C12H12ClN3O2S. The quantitative estimate of drug-likeness (QED) is 0.852. The average Bonchev–Trinajstić information content (AvgIpc) is 2.34. The van der Waals surface area contributed by atoms with Gasteiger partial charge in [0, 0.05) is 16.9 Å². The molecule has 0 atom stereocenters. The molecule has 0 aliphatic heterocycles. The lowest BCUT2D eigenvalue weighted by Gasteiger charge is -2.11. The minimum atomic E-state index is -3.77. The van der Waals surface area contributed by atoms with Gasteiger partial charge in [-0.1, -0.05) is 17.7 Å². The van der Waals surface area contributed by atoms with E-state index < -0.39 is 10.0 Å². The molecule has 0 bridgehead atoms. The van der Waals surface area contributed by atoms with Crippen LogP contribution >= 0.6 is 11.6 Å². The van der Waals surface area contributed by atoms with Crippen molar-refractivity contribution in [2.24, 2.45) is 0 Å². The zero-order valence-corrected chi connectivity index (χ0v) is 11.7. The smallest absolute Gasteiger partial charge is 0.263 e. The molecule has 19 heavy (non-hydrogen) atoms. The molecule has 0 saturated heterocycles. The Morgan fingerprint density at radius 3 is 2.68 bits per heavy atom. The predicted molar refractivity (Wildman–Crippen MR) is 75.6 cm³/mol. The molecule has 5 nitrogen and oxygen atoms in total. The molecule has 2 aromatic rings. The Labute approximate surface area is 116 Å². The summed E-state index contributed by atoms with van der Waals surface area (Å²) in [7, 11) is -3.77. The maximum absolute atomic E-state index is 12.3. The summed E-state index contributed by atoms with van der Waals surface area (Å²) in [6, 6.07) is 7.81. The van der Waals surface area contributed by atoms with E-state index in [0.29, 0.717) is 11.3 Å². The van der Waals surface area contributed by atoms with Crippen LogP contribution in [0.15, 0.2) is 41.4 Å². The molecule has 0 amide bonds. The summed E-state index contributed by atoms with van der Waals surface area (Å²) in [6.45, 7) is 1.62. The number of nitrogens with two attached hydrogens (primary N) is 1. The Morgan fingerprint density at radius 2 is 2.05 bits per heavy atom. The standard InChI is InChI=1S/C12H12ClN3O2S/c1-8-10(14)6-9(13)7-11(8)19(17,18)16-12-4-2-3-5-15-12/h2-7H,14H2,1H3,(H,15,16). The van der Waals surface area contributed by atoms with E-state index in [9.17, 15) is 8.42 Å². The molecule has 1 aromatic heterocycles. The van der Waals surface area contributed by atoms with Crippen molar-refractivity contribution in [3.05, 3.63) is 47.1 Å². The van der Waals surface area contributed by atoms with Crippen LogP contribution < -0.4 is 10.5 Å². The zero-order valence-electron chi connectivity index (χ0n) is 10.1. The Balaban J connectivity index is 2.46. The van der Waals surface area contributed by atoms with Crippen LogP contribution in [-0.2, 0) is 10.0 Å². The first-order chi connectivity index (χ1) is 8.90. The van der Waals surface area contributed by atoms with Gasteiger partial charge in [0.15, 0.2) is 0 Å². The number of anilines is 2. The van der Waals surface area contributed by atoms with Crippen LogP contribution in [0.25, 0.3) is 0 Å². The fraction of sp³-hybridized carbons (Fsp3) is 0.0833. The van der Waals surface area contributed by atoms with Crippen LogP contribution in [0.1, 0.15) is 5.56 Å². The van der Waals surface area contributed by atoms with Crippen molar-refractivity contribution < 1.29 is 8.42 Å². The predicted octanol–water partition coefficient (Wildman–Crippen LogP) is 2.43. The molecule has 0 radical (unpaired) electrons. The highest BCUT2D eigenvalue weighted by Gasteiger charge is 2.19. The number of hydrogen-bond acceptors (Lipinski definition) is 4. The molecule has 1 heterocycles. The fourth-order valence-electron chi connectivity index (χ4n) is 1.57. The number of halogens is 1. The first kappa shape index (κ1) is 13.6. The van der Waals surface area contributed by atoms with E-state index in [2.05, 4.69) is 9.71 Å². The number of rotatable bonds is 3. The van der Waals surface area contributed by atoms with E-state index in [1.165, 1.54) is 18.3 Å². The molecule has 0 spiro atoms. The number of nitrogens with one attached hydrogen (secondary N) is 1. The highest BCUT2D eigenvalue weighted by molar-refractivity contribution is 7.92. The van der Waals surface area contributed by atoms with Gasteiger partial charge in [0.1, 0.15) is 5.82 Å². The van der Waals surface area contributed by atoms with Crippen molar-refractivity contribution in [1.29, 1.82) is 0 Å². The lowest BCUT2D eigenvalue weighted by molar-refractivity contribution is 0.600. The molecule has 0 unspecified atom stereocenters. The summed E-state index contributed by atoms with van der Waals surface area (Å²) >= 11 is 5.84. The van der Waals surface area contributed by atoms with Gasteiger partial charge in [-0.2, -0.15) is 0 Å². The minimum Gasteiger partial charge on any atom is -0.398 e. The normalized spacial score (nSPS) is 11.3. The number of hydrogen-bond donors (Lipinski definition) is 2. The first-order valence-electron chi connectivity index (χ1n) is 5.39. The average molecular weight is 298 g/mol. The fourth-order valence-corrected chi connectivity index (χ4v) is 3.17. The Kier molecular flexibility index (Phi) is 3.64. The second kappa shape index (κ2) is 5.07. The van der Waals surface area contributed by atoms with Crippen molar-refractivity contribution in [1.82, 2.24) is 4.98 Å². The van der Waals surface area contributed by atoms with Crippen LogP contribution in [0.2, 0.25) is 5.02 Å². The summed E-state index contributed by atoms with van der Waals surface area (Å²) in [5, 5.41) is 0.268. The van der Waals surface area contributed by atoms with E-state index >= 15 is 0 Å². The van der Waals surface area contributed by atoms with Crippen LogP contribution in [0.5, 0.6) is 0 Å². The number of nitrogens with zero attached hydrogens (tertiary/aromatic N) is 1. The second-order valence-electron chi connectivity index (χ2n) is 3.94. The third kappa shape index (κ3) is 2.97. The van der Waals surface area contributed by atoms with E-state index in [1.54, 1.807) is 25.1 Å². The Morgan fingerprint density at radius 1 is 1.32 bits per heavy atom. The molecule has 7 heteroatoms. The molecule has 1 aromatic carbocycles. The van der Waals surface area contributed by atoms with Gasteiger partial charge < -0.3 is 5.73 Å². The summed E-state index contributed by atoms with van der Waals surface area (Å²) in [4.78, 5) is 3.95. The summed E-state index contributed by atoms with van der Waals surface area (Å²) in [6.07, 6.45) is 1.50.